The van der Waals surface area contributed by atoms with Crippen LogP contribution < -0.4 is 11.1 Å². The smallest absolute Gasteiger partial charge is 0.332 e. The number of fused-ring (bicyclic) bond motifs is 1. The van der Waals surface area contributed by atoms with Crippen molar-refractivity contribution in [3.05, 3.63) is 46.3 Å². The lowest BCUT2D eigenvalue weighted by molar-refractivity contribution is -0.152. The number of thiophene rings is 1. The molecule has 3 rings (SSSR count). The highest BCUT2D eigenvalue weighted by atomic mass is 32.1. The zero-order valence-electron chi connectivity index (χ0n) is 14.0. The molecule has 0 saturated heterocycles. The van der Waals surface area contributed by atoms with Crippen LogP contribution in [0.25, 0.3) is 10.2 Å². The molecule has 0 spiro atoms. The lowest BCUT2D eigenvalue weighted by Crippen LogP contribution is -2.23. The number of nitrogens with zero attached hydrogens (tertiary/aromatic N) is 1. The van der Waals surface area contributed by atoms with Crippen molar-refractivity contribution in [3.63, 3.8) is 0 Å². The maximum Gasteiger partial charge on any atom is 0.332 e. The van der Waals surface area contributed by atoms with Crippen molar-refractivity contribution in [2.45, 2.75) is 6.61 Å². The molecule has 2 heterocycles. The van der Waals surface area contributed by atoms with Gasteiger partial charge in [0.1, 0.15) is 16.6 Å². The third-order valence-electron chi connectivity index (χ3n) is 3.33. The Morgan fingerprint density at radius 2 is 1.96 bits per heavy atom. The maximum atomic E-state index is 11.8. The molecular weight excluding hydrogens is 390 g/mol. The first kappa shape index (κ1) is 19.0. The number of ether oxygens (including phenoxy) is 2. The van der Waals surface area contributed by atoms with E-state index in [9.17, 15) is 14.4 Å². The Bertz CT molecular complexity index is 949. The average Bonchev–Trinajstić information content (AvgIpc) is 3.26. The molecule has 1 aromatic carbocycles. The van der Waals surface area contributed by atoms with E-state index >= 15 is 0 Å². The van der Waals surface area contributed by atoms with Gasteiger partial charge in [-0.15, -0.1) is 22.7 Å². The molecule has 0 fully saturated rings. The summed E-state index contributed by atoms with van der Waals surface area (Å²) in [6.07, 6.45) is 0. The first-order valence-electron chi connectivity index (χ1n) is 7.78. The van der Waals surface area contributed by atoms with E-state index in [0.717, 1.165) is 26.6 Å². The number of nitrogens with two attached hydrogens (primary N) is 1. The Hall–Kier alpha value is -2.82. The number of rotatable bonds is 8. The highest BCUT2D eigenvalue weighted by Crippen LogP contribution is 2.23. The molecule has 0 aliphatic heterocycles. The molecular formula is C17H15N3O5S2. The molecule has 0 radical (unpaired) electrons. The van der Waals surface area contributed by atoms with Crippen LogP contribution in [-0.2, 0) is 25.7 Å². The summed E-state index contributed by atoms with van der Waals surface area (Å²) in [4.78, 5) is 39.1. The number of benzene rings is 1. The van der Waals surface area contributed by atoms with Crippen molar-refractivity contribution >= 4 is 55.7 Å². The Morgan fingerprint density at radius 3 is 2.74 bits per heavy atom. The summed E-state index contributed by atoms with van der Waals surface area (Å²) in [6, 6.07) is 9.19. The zero-order chi connectivity index (χ0) is 19.2. The predicted molar refractivity (Wildman–Crippen MR) is 102 cm³/mol. The van der Waals surface area contributed by atoms with Gasteiger partial charge < -0.3 is 20.5 Å². The Balaban J connectivity index is 1.39. The Kier molecular flexibility index (Phi) is 6.12. The molecule has 0 bridgehead atoms. The first-order valence-corrected chi connectivity index (χ1v) is 9.47. The van der Waals surface area contributed by atoms with Gasteiger partial charge in [0.05, 0.1) is 22.4 Å². The number of hydrogen-bond acceptors (Lipinski definition) is 8. The molecule has 2 amide bonds. The van der Waals surface area contributed by atoms with Gasteiger partial charge in [0, 0.05) is 0 Å². The van der Waals surface area contributed by atoms with Crippen LogP contribution in [0.15, 0.2) is 35.7 Å². The second-order valence-electron chi connectivity index (χ2n) is 5.30. The second-order valence-corrected chi connectivity index (χ2v) is 7.34. The quantitative estimate of drug-likeness (QED) is 0.554. The number of primary amides is 1. The summed E-state index contributed by atoms with van der Waals surface area (Å²) in [5.74, 6) is -1.89. The number of nitrogens with one attached hydrogen (secondary N) is 1. The normalized spacial score (nSPS) is 10.7. The number of para-hydroxylation sites is 1. The molecule has 0 unspecified atom stereocenters. The number of thiazole rings is 1. The fourth-order valence-corrected chi connectivity index (χ4v) is 3.87. The van der Waals surface area contributed by atoms with E-state index in [1.165, 1.54) is 17.4 Å². The van der Waals surface area contributed by atoms with E-state index in [1.807, 2.05) is 24.3 Å². The number of carbonyl (C=O) groups is 3. The van der Waals surface area contributed by atoms with Crippen LogP contribution in [0.4, 0.5) is 5.00 Å². The molecule has 0 atom stereocenters. The van der Waals surface area contributed by atoms with Crippen molar-refractivity contribution in [1.29, 1.82) is 0 Å². The summed E-state index contributed by atoms with van der Waals surface area (Å²) < 4.78 is 11.2. The van der Waals surface area contributed by atoms with Crippen LogP contribution in [0.2, 0.25) is 0 Å². The van der Waals surface area contributed by atoms with E-state index in [0.29, 0.717) is 5.00 Å². The molecule has 140 valence electrons. The highest BCUT2D eigenvalue weighted by Gasteiger charge is 2.14. The molecule has 2 aromatic heterocycles. The summed E-state index contributed by atoms with van der Waals surface area (Å²) in [7, 11) is 0. The van der Waals surface area contributed by atoms with E-state index < -0.39 is 24.4 Å². The Morgan fingerprint density at radius 1 is 1.15 bits per heavy atom. The van der Waals surface area contributed by atoms with Crippen LogP contribution >= 0.6 is 22.7 Å². The fraction of sp³-hybridized carbons (Fsp3) is 0.176. The second kappa shape index (κ2) is 8.71. The summed E-state index contributed by atoms with van der Waals surface area (Å²) >= 11 is 2.63. The summed E-state index contributed by atoms with van der Waals surface area (Å²) in [6.45, 7) is -0.605. The van der Waals surface area contributed by atoms with Gasteiger partial charge >= 0.3 is 5.97 Å². The largest absolute Gasteiger partial charge is 0.454 e. The Labute approximate surface area is 161 Å². The van der Waals surface area contributed by atoms with Crippen molar-refractivity contribution < 1.29 is 23.9 Å². The topological polar surface area (TPSA) is 121 Å². The first-order chi connectivity index (χ1) is 13.0. The van der Waals surface area contributed by atoms with Crippen molar-refractivity contribution in [2.75, 3.05) is 18.5 Å². The zero-order valence-corrected chi connectivity index (χ0v) is 15.6. The number of amides is 2. The van der Waals surface area contributed by atoms with Crippen molar-refractivity contribution in [2.24, 2.45) is 5.73 Å². The van der Waals surface area contributed by atoms with Gasteiger partial charge in [0.2, 0.25) is 0 Å². The van der Waals surface area contributed by atoms with E-state index in [4.69, 9.17) is 15.2 Å². The van der Waals surface area contributed by atoms with Gasteiger partial charge in [0.25, 0.3) is 11.8 Å². The van der Waals surface area contributed by atoms with Gasteiger partial charge in [-0.05, 0) is 23.6 Å². The van der Waals surface area contributed by atoms with Gasteiger partial charge in [-0.25, -0.2) is 9.78 Å². The van der Waals surface area contributed by atoms with Crippen LogP contribution in [0.5, 0.6) is 0 Å². The number of aromatic nitrogens is 1. The molecule has 3 aromatic rings. The SMILES string of the molecule is NC(=O)c1ccsc1NC(=O)COC(=O)COCc1nc2ccccc2s1. The minimum absolute atomic E-state index is 0.178. The highest BCUT2D eigenvalue weighted by molar-refractivity contribution is 7.18. The number of hydrogen-bond donors (Lipinski definition) is 2. The fourth-order valence-electron chi connectivity index (χ4n) is 2.15. The average molecular weight is 405 g/mol. The van der Waals surface area contributed by atoms with Crippen LogP contribution in [0.3, 0.4) is 0 Å². The predicted octanol–water partition coefficient (Wildman–Crippen LogP) is 2.16. The molecule has 10 heteroatoms. The molecule has 3 N–H and O–H groups in total. The van der Waals surface area contributed by atoms with E-state index in [-0.39, 0.29) is 18.8 Å². The molecule has 27 heavy (non-hydrogen) atoms. The minimum atomic E-state index is -0.674. The van der Waals surface area contributed by atoms with Gasteiger partial charge in [-0.2, -0.15) is 0 Å². The van der Waals surface area contributed by atoms with Gasteiger partial charge in [-0.3, -0.25) is 9.59 Å². The van der Waals surface area contributed by atoms with Crippen LogP contribution in [0, 0.1) is 0 Å². The third kappa shape index (κ3) is 5.09. The summed E-state index contributed by atoms with van der Waals surface area (Å²) in [5, 5.41) is 5.16. The molecule has 0 aliphatic carbocycles. The lowest BCUT2D eigenvalue weighted by atomic mass is 10.3. The number of anilines is 1. The van der Waals surface area contributed by atoms with Crippen molar-refractivity contribution in [3.8, 4) is 0 Å². The summed E-state index contributed by atoms with van der Waals surface area (Å²) in [5.41, 5.74) is 6.28. The molecule has 0 saturated carbocycles. The van der Waals surface area contributed by atoms with E-state index in [2.05, 4.69) is 10.3 Å². The monoisotopic (exact) mass is 405 g/mol. The van der Waals surface area contributed by atoms with Crippen molar-refractivity contribution in [1.82, 2.24) is 4.98 Å². The molecule has 0 aliphatic rings. The van der Waals surface area contributed by atoms with E-state index in [1.54, 1.807) is 5.38 Å². The number of esters is 1. The van der Waals surface area contributed by atoms with Crippen LogP contribution in [0.1, 0.15) is 15.4 Å². The number of carbonyl (C=O) groups excluding carboxylic acids is 3. The minimum Gasteiger partial charge on any atom is -0.454 e. The van der Waals surface area contributed by atoms with Crippen LogP contribution in [-0.4, -0.2) is 36.0 Å². The maximum absolute atomic E-state index is 11.8. The lowest BCUT2D eigenvalue weighted by Gasteiger charge is -2.06. The standard InChI is InChI=1S/C17H15N3O5S2/c18-16(23)10-5-6-26-17(10)20-13(21)7-25-15(22)9-24-8-14-19-11-3-1-2-4-12(11)27-14/h1-6H,7-9H2,(H2,18,23)(H,20,21). The van der Waals surface area contributed by atoms with Gasteiger partial charge in [-0.1, -0.05) is 12.1 Å². The molecule has 8 nitrogen and oxygen atoms in total. The third-order valence-corrected chi connectivity index (χ3v) is 5.17. The van der Waals surface area contributed by atoms with Gasteiger partial charge in [0.15, 0.2) is 6.61 Å².